The highest BCUT2D eigenvalue weighted by Gasteiger charge is 2.20. The first-order valence-corrected chi connectivity index (χ1v) is 7.90. The summed E-state index contributed by atoms with van der Waals surface area (Å²) in [7, 11) is 0. The number of allylic oxidation sites excluding steroid dienone is 2. The van der Waals surface area contributed by atoms with E-state index in [1.807, 2.05) is 6.08 Å². The monoisotopic (exact) mass is 324 g/mol. The summed E-state index contributed by atoms with van der Waals surface area (Å²) >= 11 is 0. The molecule has 1 aliphatic carbocycles. The molecule has 0 radical (unpaired) electrons. The van der Waals surface area contributed by atoms with Crippen LogP contribution in [0.5, 0.6) is 5.75 Å². The van der Waals surface area contributed by atoms with Gasteiger partial charge in [0.2, 0.25) is 0 Å². The van der Waals surface area contributed by atoms with Crippen molar-refractivity contribution >= 4 is 11.8 Å². The second kappa shape index (κ2) is 7.21. The zero-order chi connectivity index (χ0) is 16.9. The molecule has 0 bridgehead atoms. The van der Waals surface area contributed by atoms with E-state index in [2.05, 4.69) is 6.08 Å². The van der Waals surface area contributed by atoms with E-state index in [1.54, 1.807) is 24.3 Å². The van der Waals surface area contributed by atoms with Gasteiger partial charge in [-0.25, -0.2) is 4.39 Å². The van der Waals surface area contributed by atoms with Crippen LogP contribution >= 0.6 is 0 Å². The molecule has 0 spiro atoms. The van der Waals surface area contributed by atoms with Crippen molar-refractivity contribution in [2.75, 3.05) is 0 Å². The van der Waals surface area contributed by atoms with Crippen LogP contribution in [-0.2, 0) is 4.79 Å². The molecule has 3 rings (SSSR count). The fourth-order valence-electron chi connectivity index (χ4n) is 2.65. The summed E-state index contributed by atoms with van der Waals surface area (Å²) in [5.74, 6) is -0.505. The predicted octanol–water partition coefficient (Wildman–Crippen LogP) is 4.32. The van der Waals surface area contributed by atoms with Crippen LogP contribution in [0.2, 0.25) is 0 Å². The molecule has 0 saturated heterocycles. The third kappa shape index (κ3) is 3.77. The fraction of sp³-hybridized carbons (Fsp3) is 0.200. The van der Waals surface area contributed by atoms with Crippen molar-refractivity contribution in [2.45, 2.75) is 19.3 Å². The Morgan fingerprint density at radius 3 is 2.12 bits per heavy atom. The molecular weight excluding hydrogens is 307 g/mol. The van der Waals surface area contributed by atoms with Gasteiger partial charge in [0, 0.05) is 11.1 Å². The van der Waals surface area contributed by atoms with E-state index in [0.717, 1.165) is 12.8 Å². The van der Waals surface area contributed by atoms with Gasteiger partial charge in [-0.15, -0.1) is 0 Å². The van der Waals surface area contributed by atoms with Gasteiger partial charge in [-0.1, -0.05) is 12.2 Å². The van der Waals surface area contributed by atoms with Crippen molar-refractivity contribution < 1.29 is 18.7 Å². The summed E-state index contributed by atoms with van der Waals surface area (Å²) < 4.78 is 18.3. The molecule has 0 fully saturated rings. The Morgan fingerprint density at radius 1 is 0.917 bits per heavy atom. The second-order valence-electron chi connectivity index (χ2n) is 5.76. The molecule has 2 aromatic rings. The maximum Gasteiger partial charge on any atom is 0.314 e. The maximum absolute atomic E-state index is 12.9. The minimum absolute atomic E-state index is 0.101. The zero-order valence-corrected chi connectivity index (χ0v) is 13.1. The smallest absolute Gasteiger partial charge is 0.314 e. The number of carbonyl (C=O) groups excluding carboxylic acids is 2. The van der Waals surface area contributed by atoms with Crippen LogP contribution < -0.4 is 4.74 Å². The lowest BCUT2D eigenvalue weighted by molar-refractivity contribution is -0.139. The summed E-state index contributed by atoms with van der Waals surface area (Å²) in [5.41, 5.74) is 0.872. The highest BCUT2D eigenvalue weighted by Crippen LogP contribution is 2.22. The molecule has 2 aromatic carbocycles. The lowest BCUT2D eigenvalue weighted by atomic mass is 9.95. The van der Waals surface area contributed by atoms with Crippen LogP contribution in [0.25, 0.3) is 0 Å². The number of hydrogen-bond acceptors (Lipinski definition) is 3. The maximum atomic E-state index is 12.9. The molecule has 1 unspecified atom stereocenters. The molecule has 0 amide bonds. The van der Waals surface area contributed by atoms with Crippen LogP contribution in [0.1, 0.15) is 35.2 Å². The number of ether oxygens (including phenoxy) is 1. The van der Waals surface area contributed by atoms with Gasteiger partial charge in [0.25, 0.3) is 0 Å². The molecule has 0 heterocycles. The molecule has 24 heavy (non-hydrogen) atoms. The van der Waals surface area contributed by atoms with Gasteiger partial charge in [-0.3, -0.25) is 9.59 Å². The number of hydrogen-bond donors (Lipinski definition) is 0. The van der Waals surface area contributed by atoms with E-state index in [4.69, 9.17) is 4.74 Å². The van der Waals surface area contributed by atoms with E-state index >= 15 is 0 Å². The largest absolute Gasteiger partial charge is 0.426 e. The van der Waals surface area contributed by atoms with Crippen LogP contribution in [0.3, 0.4) is 0 Å². The molecule has 1 atom stereocenters. The van der Waals surface area contributed by atoms with Crippen molar-refractivity contribution in [3.05, 3.63) is 77.6 Å². The SMILES string of the molecule is O=C(c1ccc(F)cc1)c1ccc(OC(=O)C2CC=CCC2)cc1. The average molecular weight is 324 g/mol. The van der Waals surface area contributed by atoms with Crippen molar-refractivity contribution in [3.8, 4) is 5.75 Å². The van der Waals surface area contributed by atoms with Crippen LogP contribution in [0.15, 0.2) is 60.7 Å². The zero-order valence-electron chi connectivity index (χ0n) is 13.1. The van der Waals surface area contributed by atoms with Crippen molar-refractivity contribution in [1.29, 1.82) is 0 Å². The van der Waals surface area contributed by atoms with Crippen molar-refractivity contribution in [2.24, 2.45) is 5.92 Å². The third-order valence-electron chi connectivity index (χ3n) is 4.04. The third-order valence-corrected chi connectivity index (χ3v) is 4.04. The van der Waals surface area contributed by atoms with Gasteiger partial charge < -0.3 is 4.74 Å². The van der Waals surface area contributed by atoms with Gasteiger partial charge in [0.05, 0.1) is 5.92 Å². The topological polar surface area (TPSA) is 43.4 Å². The van der Waals surface area contributed by atoms with Gasteiger partial charge >= 0.3 is 5.97 Å². The molecule has 3 nitrogen and oxygen atoms in total. The molecule has 122 valence electrons. The summed E-state index contributed by atoms with van der Waals surface area (Å²) in [6.07, 6.45) is 6.47. The number of esters is 1. The van der Waals surface area contributed by atoms with E-state index in [-0.39, 0.29) is 23.5 Å². The predicted molar refractivity (Wildman–Crippen MR) is 88.4 cm³/mol. The van der Waals surface area contributed by atoms with E-state index < -0.39 is 0 Å². The first kappa shape index (κ1) is 16.1. The number of ketones is 1. The Balaban J connectivity index is 1.66. The summed E-state index contributed by atoms with van der Waals surface area (Å²) in [5, 5.41) is 0. The second-order valence-corrected chi connectivity index (χ2v) is 5.76. The van der Waals surface area contributed by atoms with Crippen molar-refractivity contribution in [3.63, 3.8) is 0 Å². The van der Waals surface area contributed by atoms with Crippen molar-refractivity contribution in [1.82, 2.24) is 0 Å². The fourth-order valence-corrected chi connectivity index (χ4v) is 2.65. The number of benzene rings is 2. The summed E-state index contributed by atoms with van der Waals surface area (Å²) in [6.45, 7) is 0. The van der Waals surface area contributed by atoms with Gasteiger partial charge in [0.1, 0.15) is 11.6 Å². The Bertz CT molecular complexity index is 760. The van der Waals surface area contributed by atoms with Gasteiger partial charge in [-0.2, -0.15) is 0 Å². The standard InChI is InChI=1S/C20H17FO3/c21-17-10-6-14(7-11-17)19(22)15-8-12-18(13-9-15)24-20(23)16-4-2-1-3-5-16/h1-2,6-13,16H,3-5H2. The molecule has 0 saturated carbocycles. The molecular formula is C20H17FO3. The lowest BCUT2D eigenvalue weighted by Crippen LogP contribution is -2.21. The van der Waals surface area contributed by atoms with Crippen LogP contribution in [0, 0.1) is 11.7 Å². The Labute approximate surface area is 139 Å². The van der Waals surface area contributed by atoms with Crippen LogP contribution in [-0.4, -0.2) is 11.8 Å². The molecule has 4 heteroatoms. The first-order chi connectivity index (χ1) is 11.6. The number of rotatable bonds is 4. The highest BCUT2D eigenvalue weighted by molar-refractivity contribution is 6.09. The highest BCUT2D eigenvalue weighted by atomic mass is 19.1. The number of halogens is 1. The average Bonchev–Trinajstić information content (AvgIpc) is 2.63. The quantitative estimate of drug-likeness (QED) is 0.364. The lowest BCUT2D eigenvalue weighted by Gasteiger charge is -2.16. The van der Waals surface area contributed by atoms with E-state index in [1.165, 1.54) is 24.3 Å². The summed E-state index contributed by atoms with van der Waals surface area (Å²) in [4.78, 5) is 24.4. The molecule has 0 N–H and O–H groups in total. The normalized spacial score (nSPS) is 16.6. The van der Waals surface area contributed by atoms with Gasteiger partial charge in [-0.05, 0) is 67.8 Å². The molecule has 0 aliphatic heterocycles. The van der Waals surface area contributed by atoms with Crippen LogP contribution in [0.4, 0.5) is 4.39 Å². The Kier molecular flexibility index (Phi) is 4.85. The van der Waals surface area contributed by atoms with E-state index in [9.17, 15) is 14.0 Å². The number of carbonyl (C=O) groups is 2. The van der Waals surface area contributed by atoms with Gasteiger partial charge in [0.15, 0.2) is 5.78 Å². The molecule has 0 aromatic heterocycles. The minimum atomic E-state index is -0.383. The Hall–Kier alpha value is -2.75. The van der Waals surface area contributed by atoms with E-state index in [0.29, 0.717) is 23.3 Å². The first-order valence-electron chi connectivity index (χ1n) is 7.90. The summed E-state index contributed by atoms with van der Waals surface area (Å²) in [6, 6.07) is 11.8. The molecule has 1 aliphatic rings. The Morgan fingerprint density at radius 2 is 1.54 bits per heavy atom. The minimum Gasteiger partial charge on any atom is -0.426 e.